The maximum Gasteiger partial charge on any atom is 0.177 e. The third-order valence-corrected chi connectivity index (χ3v) is 6.57. The van der Waals surface area contributed by atoms with Gasteiger partial charge in [0, 0.05) is 11.5 Å². The molecule has 1 N–H and O–H groups in total. The lowest BCUT2D eigenvalue weighted by atomic mass is 10.2. The van der Waals surface area contributed by atoms with Crippen LogP contribution < -0.4 is 14.8 Å². The zero-order chi connectivity index (χ0) is 24.7. The van der Waals surface area contributed by atoms with Crippen molar-refractivity contribution in [3.05, 3.63) is 81.5 Å². The van der Waals surface area contributed by atoms with Crippen LogP contribution >= 0.6 is 23.2 Å². The summed E-state index contributed by atoms with van der Waals surface area (Å²) in [6.07, 6.45) is 9.92. The first-order valence-electron chi connectivity index (χ1n) is 11.0. The van der Waals surface area contributed by atoms with E-state index in [2.05, 4.69) is 58.3 Å². The molecule has 1 aromatic heterocycles. The highest BCUT2D eigenvalue weighted by Crippen LogP contribution is 2.37. The van der Waals surface area contributed by atoms with Crippen molar-refractivity contribution >= 4 is 51.8 Å². The molecule has 178 valence electrons. The molecule has 1 aliphatic carbocycles. The first-order valence-corrected chi connectivity index (χ1v) is 11.7. The van der Waals surface area contributed by atoms with Gasteiger partial charge in [0.05, 0.1) is 39.5 Å². The molecule has 6 nitrogen and oxygen atoms in total. The Hall–Kier alpha value is -3.42. The second-order valence-corrected chi connectivity index (χ2v) is 9.24. The first kappa shape index (κ1) is 23.3. The van der Waals surface area contributed by atoms with Gasteiger partial charge < -0.3 is 14.8 Å². The Morgan fingerprint density at radius 3 is 2.66 bits per heavy atom. The number of hydrogen-bond donors (Lipinski definition) is 1. The van der Waals surface area contributed by atoms with Crippen LogP contribution in [0.3, 0.4) is 0 Å². The van der Waals surface area contributed by atoms with Crippen LogP contribution in [0.25, 0.3) is 10.9 Å². The van der Waals surface area contributed by atoms with Crippen LogP contribution in [0.1, 0.15) is 13.8 Å². The van der Waals surface area contributed by atoms with Crippen LogP contribution in [0.15, 0.2) is 65.7 Å². The number of methoxy groups -OCH3 is 1. The minimum atomic E-state index is -0.662. The summed E-state index contributed by atoms with van der Waals surface area (Å²) < 4.78 is 28.4. The summed E-state index contributed by atoms with van der Waals surface area (Å²) in [6, 6.07) is 6.97. The van der Waals surface area contributed by atoms with Gasteiger partial charge in [-0.05, 0) is 49.8 Å². The van der Waals surface area contributed by atoms with Crippen LogP contribution in [0, 0.1) is 5.82 Å². The average Bonchev–Trinajstić information content (AvgIpc) is 3.42. The van der Waals surface area contributed by atoms with E-state index in [0.29, 0.717) is 40.9 Å². The number of ether oxygens (including phenoxy) is 2. The Morgan fingerprint density at radius 2 is 1.91 bits per heavy atom. The van der Waals surface area contributed by atoms with Gasteiger partial charge in [-0.2, -0.15) is 0 Å². The van der Waals surface area contributed by atoms with Crippen LogP contribution in [0.2, 0.25) is 10.0 Å². The van der Waals surface area contributed by atoms with Crippen LogP contribution in [-0.4, -0.2) is 40.5 Å². The fraction of sp³-hybridized carbons (Fsp3) is 0.192. The highest BCUT2D eigenvalue weighted by atomic mass is 35.5. The van der Waals surface area contributed by atoms with Crippen molar-refractivity contribution in [1.29, 1.82) is 0 Å². The summed E-state index contributed by atoms with van der Waals surface area (Å²) in [5.74, 6) is 0.785. The highest BCUT2D eigenvalue weighted by Gasteiger charge is 2.24. The molecular weight excluding hydrogens is 490 g/mol. The number of nitrogens with one attached hydrogen (secondary N) is 1. The molecule has 0 bridgehead atoms. The largest absolute Gasteiger partial charge is 0.493 e. The van der Waals surface area contributed by atoms with Gasteiger partial charge in [-0.25, -0.2) is 18.9 Å². The number of fused-ring (bicyclic) bond motifs is 2. The van der Waals surface area contributed by atoms with Crippen molar-refractivity contribution in [2.75, 3.05) is 19.0 Å². The van der Waals surface area contributed by atoms with E-state index in [9.17, 15) is 4.39 Å². The monoisotopic (exact) mass is 511 g/mol. The van der Waals surface area contributed by atoms with E-state index in [0.717, 1.165) is 5.57 Å². The highest BCUT2D eigenvalue weighted by molar-refractivity contribution is 6.42. The zero-order valence-electron chi connectivity index (χ0n) is 19.3. The van der Waals surface area contributed by atoms with Gasteiger partial charge in [-0.3, -0.25) is 0 Å². The lowest BCUT2D eigenvalue weighted by Gasteiger charge is -2.14. The summed E-state index contributed by atoms with van der Waals surface area (Å²) in [4.78, 5) is 8.62. The molecule has 2 heterocycles. The van der Waals surface area contributed by atoms with E-state index in [1.165, 1.54) is 29.6 Å². The number of halogens is 3. The zero-order valence-corrected chi connectivity index (χ0v) is 20.8. The van der Waals surface area contributed by atoms with Crippen LogP contribution in [0.4, 0.5) is 15.9 Å². The van der Waals surface area contributed by atoms with E-state index >= 15 is 0 Å². The Balaban J connectivity index is 1.39. The average molecular weight is 512 g/mol. The molecule has 0 atom stereocenters. The topological polar surface area (TPSA) is 59.3 Å². The summed E-state index contributed by atoms with van der Waals surface area (Å²) in [6.45, 7) is 4.68. The van der Waals surface area contributed by atoms with Gasteiger partial charge in [0.25, 0.3) is 0 Å². The van der Waals surface area contributed by atoms with Gasteiger partial charge in [-0.15, -0.1) is 0 Å². The fourth-order valence-corrected chi connectivity index (χ4v) is 4.23. The van der Waals surface area contributed by atoms with Crippen molar-refractivity contribution in [3.63, 3.8) is 0 Å². The molecule has 0 saturated heterocycles. The van der Waals surface area contributed by atoms with E-state index in [4.69, 9.17) is 32.7 Å². The number of hydrogen-bond acceptors (Lipinski definition) is 5. The van der Waals surface area contributed by atoms with Crippen LogP contribution in [0.5, 0.6) is 11.5 Å². The summed E-state index contributed by atoms with van der Waals surface area (Å²) in [7, 11) is 1.56. The second-order valence-electron chi connectivity index (χ2n) is 8.45. The smallest absolute Gasteiger partial charge is 0.177 e. The van der Waals surface area contributed by atoms with Gasteiger partial charge >= 0.3 is 0 Å². The lowest BCUT2D eigenvalue weighted by Crippen LogP contribution is -2.12. The molecule has 5 rings (SSSR count). The van der Waals surface area contributed by atoms with E-state index < -0.39 is 5.82 Å². The number of allylic oxidation sites excluding steroid dienone is 3. The number of aromatic nitrogens is 2. The van der Waals surface area contributed by atoms with Crippen molar-refractivity contribution in [2.24, 2.45) is 0 Å². The number of rotatable bonds is 7. The maximum atomic E-state index is 14.6. The minimum Gasteiger partial charge on any atom is -0.493 e. The van der Waals surface area contributed by atoms with Gasteiger partial charge in [0.1, 0.15) is 18.8 Å². The molecular formula is C26H22Cl2FN4O2+. The SMILES string of the molecule is COc1cc2c(Nc3ccc(Cl)c(Cl)c3F)ncnc2cc1OCC1=CC2=C[N+](C(C)C)=CC2=C1. The second kappa shape index (κ2) is 9.32. The normalized spacial score (nSPS) is 14.5. The Morgan fingerprint density at radius 1 is 1.09 bits per heavy atom. The standard InChI is InChI=1S/C26H22Cl2FN4O2/c1-14(2)33-10-16-6-15(7-17(16)11-33)12-35-23-9-21-18(8-22(23)34-3)26(31-13-30-21)32-20-5-4-19(27)24(28)25(20)29/h4-11,13-14H,12H2,1-3H3,(H,30,31,32)/q+1. The predicted octanol–water partition coefficient (Wildman–Crippen LogP) is 6.46. The summed E-state index contributed by atoms with van der Waals surface area (Å²) in [5.41, 5.74) is 4.18. The molecule has 0 radical (unpaired) electrons. The maximum absolute atomic E-state index is 14.6. The molecule has 35 heavy (non-hydrogen) atoms. The molecule has 0 amide bonds. The number of anilines is 2. The molecule has 0 saturated carbocycles. The van der Waals surface area contributed by atoms with E-state index in [-0.39, 0.29) is 15.7 Å². The quantitative estimate of drug-likeness (QED) is 0.291. The van der Waals surface area contributed by atoms with Crippen molar-refractivity contribution in [3.8, 4) is 11.5 Å². The van der Waals surface area contributed by atoms with E-state index in [1.54, 1.807) is 19.2 Å². The molecule has 0 spiro atoms. The molecule has 3 aromatic rings. The molecule has 0 unspecified atom stereocenters. The van der Waals surface area contributed by atoms with Gasteiger partial charge in [-0.1, -0.05) is 23.2 Å². The van der Waals surface area contributed by atoms with Gasteiger partial charge in [0.15, 0.2) is 35.8 Å². The Labute approximate surface area is 212 Å². The third kappa shape index (κ3) is 4.49. The number of benzene rings is 2. The Bertz CT molecular complexity index is 1480. The van der Waals surface area contributed by atoms with Crippen molar-refractivity contribution in [2.45, 2.75) is 19.9 Å². The summed E-state index contributed by atoms with van der Waals surface area (Å²) >= 11 is 11.8. The summed E-state index contributed by atoms with van der Waals surface area (Å²) in [5, 5.41) is 3.58. The number of nitrogens with zero attached hydrogens (tertiary/aromatic N) is 3. The molecule has 0 fully saturated rings. The lowest BCUT2D eigenvalue weighted by molar-refractivity contribution is -0.484. The minimum absolute atomic E-state index is 0.133. The predicted molar refractivity (Wildman–Crippen MR) is 137 cm³/mol. The Kier molecular flexibility index (Phi) is 6.21. The molecule has 1 aliphatic heterocycles. The van der Waals surface area contributed by atoms with Gasteiger partial charge in [0.2, 0.25) is 0 Å². The molecule has 2 aliphatic rings. The first-order chi connectivity index (χ1) is 16.8. The van der Waals surface area contributed by atoms with Crippen molar-refractivity contribution < 1.29 is 18.4 Å². The third-order valence-electron chi connectivity index (χ3n) is 5.79. The molecule has 2 aromatic carbocycles. The van der Waals surface area contributed by atoms with Crippen LogP contribution in [-0.2, 0) is 0 Å². The molecule has 9 heteroatoms. The van der Waals surface area contributed by atoms with Crippen molar-refractivity contribution in [1.82, 2.24) is 9.97 Å². The fourth-order valence-electron chi connectivity index (χ4n) is 3.92. The van der Waals surface area contributed by atoms with E-state index in [1.807, 2.05) is 0 Å².